The molecule has 1 fully saturated rings. The van der Waals surface area contributed by atoms with Crippen LogP contribution < -0.4 is 0 Å². The van der Waals surface area contributed by atoms with E-state index in [0.29, 0.717) is 19.3 Å². The summed E-state index contributed by atoms with van der Waals surface area (Å²) in [6, 6.07) is 0. The second-order valence-electron chi connectivity index (χ2n) is 4.94. The van der Waals surface area contributed by atoms with Crippen LogP contribution in [0.2, 0.25) is 0 Å². The second-order valence-corrected chi connectivity index (χ2v) is 4.94. The van der Waals surface area contributed by atoms with Crippen LogP contribution in [-0.4, -0.2) is 17.4 Å². The van der Waals surface area contributed by atoms with Crippen molar-refractivity contribution in [3.63, 3.8) is 0 Å². The molecule has 0 radical (unpaired) electrons. The fourth-order valence-corrected chi connectivity index (χ4v) is 1.68. The zero-order chi connectivity index (χ0) is 10.8. The third-order valence-corrected chi connectivity index (χ3v) is 2.22. The summed E-state index contributed by atoms with van der Waals surface area (Å²) < 4.78 is 5.18. The Hall–Kier alpha value is -0.860. The van der Waals surface area contributed by atoms with Gasteiger partial charge in [0, 0.05) is 19.3 Å². The zero-order valence-corrected chi connectivity index (χ0v) is 9.13. The van der Waals surface area contributed by atoms with Gasteiger partial charge in [-0.3, -0.25) is 9.59 Å². The lowest BCUT2D eigenvalue weighted by molar-refractivity contribution is -0.155. The Labute approximate surface area is 84.8 Å². The molecule has 0 aromatic heterocycles. The van der Waals surface area contributed by atoms with E-state index in [1.165, 1.54) is 0 Å². The standard InChI is InChI=1S/C11H18O3/c1-11(2,3)14-10(13)7-8-4-5-9(12)6-8/h8H,4-7H2,1-3H3. The minimum Gasteiger partial charge on any atom is -0.460 e. The van der Waals surface area contributed by atoms with Crippen LogP contribution >= 0.6 is 0 Å². The van der Waals surface area contributed by atoms with Crippen molar-refractivity contribution in [3.05, 3.63) is 0 Å². The number of esters is 1. The van der Waals surface area contributed by atoms with Crippen molar-refractivity contribution in [2.45, 2.75) is 52.1 Å². The predicted molar refractivity (Wildman–Crippen MR) is 52.8 cm³/mol. The number of carbonyl (C=O) groups is 2. The number of carbonyl (C=O) groups excluding carboxylic acids is 2. The Morgan fingerprint density at radius 1 is 1.50 bits per heavy atom. The van der Waals surface area contributed by atoms with Crippen molar-refractivity contribution in [2.75, 3.05) is 0 Å². The highest BCUT2D eigenvalue weighted by molar-refractivity contribution is 5.81. The number of hydrogen-bond acceptors (Lipinski definition) is 3. The van der Waals surface area contributed by atoms with Gasteiger partial charge in [-0.25, -0.2) is 0 Å². The molecule has 0 bridgehead atoms. The van der Waals surface area contributed by atoms with Crippen LogP contribution in [0.3, 0.4) is 0 Å². The summed E-state index contributed by atoms with van der Waals surface area (Å²) in [4.78, 5) is 22.4. The van der Waals surface area contributed by atoms with Gasteiger partial charge in [0.25, 0.3) is 0 Å². The topological polar surface area (TPSA) is 43.4 Å². The lowest BCUT2D eigenvalue weighted by Crippen LogP contribution is -2.24. The zero-order valence-electron chi connectivity index (χ0n) is 9.13. The largest absolute Gasteiger partial charge is 0.460 e. The third-order valence-electron chi connectivity index (χ3n) is 2.22. The summed E-state index contributed by atoms with van der Waals surface area (Å²) in [5.41, 5.74) is -0.417. The molecule has 0 heterocycles. The van der Waals surface area contributed by atoms with Gasteiger partial charge in [0.2, 0.25) is 0 Å². The smallest absolute Gasteiger partial charge is 0.306 e. The molecule has 0 aromatic carbocycles. The summed E-state index contributed by atoms with van der Waals surface area (Å²) in [6.07, 6.45) is 2.42. The van der Waals surface area contributed by atoms with Gasteiger partial charge in [0.1, 0.15) is 11.4 Å². The normalized spacial score (nSPS) is 22.5. The summed E-state index contributed by atoms with van der Waals surface area (Å²) in [5.74, 6) is 0.313. The van der Waals surface area contributed by atoms with Gasteiger partial charge in [-0.15, -0.1) is 0 Å². The van der Waals surface area contributed by atoms with Gasteiger partial charge in [-0.05, 0) is 33.1 Å². The Kier molecular flexibility index (Phi) is 3.29. The van der Waals surface area contributed by atoms with Crippen LogP contribution in [-0.2, 0) is 14.3 Å². The Morgan fingerprint density at radius 2 is 2.14 bits per heavy atom. The molecule has 0 amide bonds. The molecular formula is C11H18O3. The van der Waals surface area contributed by atoms with Crippen LogP contribution in [0.4, 0.5) is 0 Å². The Morgan fingerprint density at radius 3 is 2.57 bits per heavy atom. The SMILES string of the molecule is CC(C)(C)OC(=O)CC1CCC(=O)C1. The van der Waals surface area contributed by atoms with Gasteiger partial charge in [-0.1, -0.05) is 0 Å². The lowest BCUT2D eigenvalue weighted by Gasteiger charge is -2.20. The van der Waals surface area contributed by atoms with E-state index in [0.717, 1.165) is 6.42 Å². The summed E-state index contributed by atoms with van der Waals surface area (Å²) in [7, 11) is 0. The lowest BCUT2D eigenvalue weighted by atomic mass is 10.0. The number of ketones is 1. The second kappa shape index (κ2) is 4.11. The molecular weight excluding hydrogens is 180 g/mol. The number of ether oxygens (including phenoxy) is 1. The molecule has 1 aliphatic carbocycles. The average Bonchev–Trinajstić information content (AvgIpc) is 2.30. The maximum Gasteiger partial charge on any atom is 0.306 e. The van der Waals surface area contributed by atoms with Crippen LogP contribution in [0.1, 0.15) is 46.5 Å². The van der Waals surface area contributed by atoms with Crippen molar-refractivity contribution in [2.24, 2.45) is 5.92 Å². The van der Waals surface area contributed by atoms with Crippen LogP contribution in [0.25, 0.3) is 0 Å². The molecule has 1 saturated carbocycles. The summed E-state index contributed by atoms with van der Waals surface area (Å²) in [5, 5.41) is 0. The highest BCUT2D eigenvalue weighted by atomic mass is 16.6. The molecule has 1 aliphatic rings. The van der Waals surface area contributed by atoms with Crippen molar-refractivity contribution < 1.29 is 14.3 Å². The van der Waals surface area contributed by atoms with Gasteiger partial charge in [0.15, 0.2) is 0 Å². The highest BCUT2D eigenvalue weighted by Gasteiger charge is 2.26. The fourth-order valence-electron chi connectivity index (χ4n) is 1.68. The van der Waals surface area contributed by atoms with Gasteiger partial charge in [0.05, 0.1) is 0 Å². The first-order chi connectivity index (χ1) is 6.37. The number of Topliss-reactive ketones (excluding diaryl/α,β-unsaturated/α-hetero) is 1. The molecule has 0 aromatic rings. The molecule has 1 atom stereocenters. The molecule has 0 spiro atoms. The fraction of sp³-hybridized carbons (Fsp3) is 0.818. The van der Waals surface area contributed by atoms with Crippen LogP contribution in [0, 0.1) is 5.92 Å². The Bertz CT molecular complexity index is 237. The first-order valence-corrected chi connectivity index (χ1v) is 5.10. The van der Waals surface area contributed by atoms with Crippen molar-refractivity contribution in [1.29, 1.82) is 0 Å². The van der Waals surface area contributed by atoms with E-state index in [-0.39, 0.29) is 17.7 Å². The average molecular weight is 198 g/mol. The van der Waals surface area contributed by atoms with E-state index in [2.05, 4.69) is 0 Å². The van der Waals surface area contributed by atoms with E-state index < -0.39 is 5.60 Å². The quantitative estimate of drug-likeness (QED) is 0.638. The highest BCUT2D eigenvalue weighted by Crippen LogP contribution is 2.26. The van der Waals surface area contributed by atoms with Crippen LogP contribution in [0.5, 0.6) is 0 Å². The summed E-state index contributed by atoms with van der Waals surface area (Å²) in [6.45, 7) is 5.56. The minimum absolute atomic E-state index is 0.183. The van der Waals surface area contributed by atoms with Gasteiger partial charge in [-0.2, -0.15) is 0 Å². The first kappa shape index (κ1) is 11.2. The number of rotatable bonds is 2. The molecule has 14 heavy (non-hydrogen) atoms. The van der Waals surface area contributed by atoms with E-state index in [4.69, 9.17) is 4.74 Å². The molecule has 1 rings (SSSR count). The molecule has 3 nitrogen and oxygen atoms in total. The van der Waals surface area contributed by atoms with E-state index in [9.17, 15) is 9.59 Å². The maximum absolute atomic E-state index is 11.4. The van der Waals surface area contributed by atoms with E-state index >= 15 is 0 Å². The molecule has 0 N–H and O–H groups in total. The Balaban J connectivity index is 2.31. The van der Waals surface area contributed by atoms with Crippen LogP contribution in [0.15, 0.2) is 0 Å². The first-order valence-electron chi connectivity index (χ1n) is 5.10. The molecule has 3 heteroatoms. The minimum atomic E-state index is -0.417. The number of hydrogen-bond donors (Lipinski definition) is 0. The van der Waals surface area contributed by atoms with E-state index in [1.807, 2.05) is 20.8 Å². The molecule has 80 valence electrons. The molecule has 0 saturated heterocycles. The van der Waals surface area contributed by atoms with Gasteiger partial charge < -0.3 is 4.74 Å². The maximum atomic E-state index is 11.4. The van der Waals surface area contributed by atoms with Crippen molar-refractivity contribution in [3.8, 4) is 0 Å². The molecule has 0 aliphatic heterocycles. The van der Waals surface area contributed by atoms with Crippen molar-refractivity contribution >= 4 is 11.8 Å². The third kappa shape index (κ3) is 3.90. The molecule has 1 unspecified atom stereocenters. The predicted octanol–water partition coefficient (Wildman–Crippen LogP) is 2.09. The van der Waals surface area contributed by atoms with Crippen molar-refractivity contribution in [1.82, 2.24) is 0 Å². The van der Waals surface area contributed by atoms with E-state index in [1.54, 1.807) is 0 Å². The monoisotopic (exact) mass is 198 g/mol. The van der Waals surface area contributed by atoms with Gasteiger partial charge >= 0.3 is 5.97 Å². The summed E-state index contributed by atoms with van der Waals surface area (Å²) >= 11 is 0.